The van der Waals surface area contributed by atoms with Crippen molar-refractivity contribution in [2.24, 2.45) is 0 Å². The van der Waals surface area contributed by atoms with Gasteiger partial charge < -0.3 is 14.8 Å². The molecular formula is C22H20BrN3O3. The van der Waals surface area contributed by atoms with Gasteiger partial charge in [0.05, 0.1) is 5.56 Å². The molecule has 4 rings (SSSR count). The highest BCUT2D eigenvalue weighted by Crippen LogP contribution is 2.28. The number of fused-ring (bicyclic) bond motifs is 1. The van der Waals surface area contributed by atoms with Gasteiger partial charge in [-0.25, -0.2) is 0 Å². The first-order chi connectivity index (χ1) is 14.0. The third-order valence-corrected chi connectivity index (χ3v) is 5.95. The van der Waals surface area contributed by atoms with E-state index >= 15 is 0 Å². The molecule has 0 aliphatic carbocycles. The molecule has 1 aliphatic rings. The molecule has 0 radical (unpaired) electrons. The third-order valence-electron chi connectivity index (χ3n) is 5.29. The standard InChI is InChI=1S/C22H20BrN3O3/c1-14-13-25(21(28)15-6-3-2-4-7-15)10-11-26(14)22(29)20(27)16-12-24-18-9-5-8-17(23)19(16)18/h2-9,12,14,24H,10-11,13H2,1H3/t14-/m0/s1. The van der Waals surface area contributed by atoms with Crippen LogP contribution in [0.25, 0.3) is 10.9 Å². The number of rotatable bonds is 3. The lowest BCUT2D eigenvalue weighted by molar-refractivity contribution is -0.130. The topological polar surface area (TPSA) is 73.5 Å². The van der Waals surface area contributed by atoms with Gasteiger partial charge in [-0.05, 0) is 31.2 Å². The number of aromatic amines is 1. The molecule has 0 unspecified atom stereocenters. The van der Waals surface area contributed by atoms with Crippen LogP contribution in [-0.2, 0) is 4.79 Å². The number of amides is 2. The molecule has 2 amide bonds. The fourth-order valence-corrected chi connectivity index (χ4v) is 4.35. The number of H-pyrrole nitrogens is 1. The van der Waals surface area contributed by atoms with Gasteiger partial charge in [0.25, 0.3) is 17.6 Å². The first-order valence-corrected chi connectivity index (χ1v) is 10.2. The molecule has 0 saturated carbocycles. The summed E-state index contributed by atoms with van der Waals surface area (Å²) in [5, 5.41) is 0.705. The van der Waals surface area contributed by atoms with Crippen molar-refractivity contribution in [1.82, 2.24) is 14.8 Å². The number of piperazine rings is 1. The summed E-state index contributed by atoms with van der Waals surface area (Å²) in [4.78, 5) is 44.9. The number of hydrogen-bond acceptors (Lipinski definition) is 3. The first-order valence-electron chi connectivity index (χ1n) is 9.42. The molecule has 6 nitrogen and oxygen atoms in total. The SMILES string of the molecule is C[C@H]1CN(C(=O)c2ccccc2)CCN1C(=O)C(=O)c1c[nH]c2cccc(Br)c12. The Bertz CT molecular complexity index is 1090. The van der Waals surface area contributed by atoms with Crippen molar-refractivity contribution in [3.05, 3.63) is 70.3 Å². The molecule has 0 bridgehead atoms. The second-order valence-corrected chi connectivity index (χ2v) is 8.01. The normalized spacial score (nSPS) is 16.8. The molecule has 1 fully saturated rings. The number of carbonyl (C=O) groups excluding carboxylic acids is 3. The Morgan fingerprint density at radius 1 is 1.03 bits per heavy atom. The molecule has 0 spiro atoms. The summed E-state index contributed by atoms with van der Waals surface area (Å²) in [7, 11) is 0. The van der Waals surface area contributed by atoms with Crippen molar-refractivity contribution >= 4 is 44.4 Å². The molecular weight excluding hydrogens is 434 g/mol. The van der Waals surface area contributed by atoms with E-state index in [0.29, 0.717) is 36.1 Å². The monoisotopic (exact) mass is 453 g/mol. The summed E-state index contributed by atoms with van der Waals surface area (Å²) in [5.74, 6) is -1.14. The molecule has 1 aromatic heterocycles. The lowest BCUT2D eigenvalue weighted by Gasteiger charge is -2.39. The van der Waals surface area contributed by atoms with Crippen molar-refractivity contribution in [3.8, 4) is 0 Å². The van der Waals surface area contributed by atoms with Gasteiger partial charge in [-0.1, -0.05) is 40.2 Å². The van der Waals surface area contributed by atoms with E-state index in [9.17, 15) is 14.4 Å². The molecule has 29 heavy (non-hydrogen) atoms. The van der Waals surface area contributed by atoms with Crippen LogP contribution in [0.5, 0.6) is 0 Å². The smallest absolute Gasteiger partial charge is 0.295 e. The van der Waals surface area contributed by atoms with E-state index in [1.165, 1.54) is 0 Å². The van der Waals surface area contributed by atoms with E-state index in [0.717, 1.165) is 9.99 Å². The highest BCUT2D eigenvalue weighted by atomic mass is 79.9. The number of benzene rings is 2. The van der Waals surface area contributed by atoms with E-state index in [1.54, 1.807) is 28.1 Å². The lowest BCUT2D eigenvalue weighted by atomic mass is 10.1. The number of nitrogens with one attached hydrogen (secondary N) is 1. The van der Waals surface area contributed by atoms with E-state index in [2.05, 4.69) is 20.9 Å². The minimum absolute atomic E-state index is 0.0589. The quantitative estimate of drug-likeness (QED) is 0.487. The van der Waals surface area contributed by atoms with E-state index in [-0.39, 0.29) is 11.9 Å². The fraction of sp³-hybridized carbons (Fsp3) is 0.227. The van der Waals surface area contributed by atoms with Gasteiger partial charge in [0.2, 0.25) is 0 Å². The van der Waals surface area contributed by atoms with Crippen LogP contribution < -0.4 is 0 Å². The third kappa shape index (κ3) is 3.58. The fourth-order valence-electron chi connectivity index (χ4n) is 3.77. The Kier molecular flexibility index (Phi) is 5.24. The molecule has 7 heteroatoms. The zero-order chi connectivity index (χ0) is 20.5. The molecule has 3 aromatic rings. The van der Waals surface area contributed by atoms with Gasteiger partial charge >= 0.3 is 0 Å². The Morgan fingerprint density at radius 3 is 2.52 bits per heavy atom. The minimum atomic E-state index is -0.544. The van der Waals surface area contributed by atoms with Gasteiger partial charge in [0, 0.05) is 52.8 Å². The van der Waals surface area contributed by atoms with Crippen LogP contribution in [0.2, 0.25) is 0 Å². The molecule has 1 atom stereocenters. The maximum Gasteiger partial charge on any atom is 0.295 e. The Balaban J connectivity index is 1.50. The molecule has 2 aromatic carbocycles. The summed E-state index contributed by atoms with van der Waals surface area (Å²) < 4.78 is 0.763. The van der Waals surface area contributed by atoms with Crippen molar-refractivity contribution in [2.75, 3.05) is 19.6 Å². The number of nitrogens with zero attached hydrogens (tertiary/aromatic N) is 2. The minimum Gasteiger partial charge on any atom is -0.360 e. The number of hydrogen-bond donors (Lipinski definition) is 1. The number of ketones is 1. The van der Waals surface area contributed by atoms with Crippen molar-refractivity contribution in [3.63, 3.8) is 0 Å². The first kappa shape index (κ1) is 19.4. The number of halogens is 1. The van der Waals surface area contributed by atoms with Gasteiger partial charge in [-0.3, -0.25) is 14.4 Å². The summed E-state index contributed by atoms with van der Waals surface area (Å²) >= 11 is 3.46. The lowest BCUT2D eigenvalue weighted by Crippen LogP contribution is -2.56. The number of carbonyl (C=O) groups is 3. The summed E-state index contributed by atoms with van der Waals surface area (Å²) in [5.41, 5.74) is 1.77. The summed E-state index contributed by atoms with van der Waals surface area (Å²) in [6, 6.07) is 14.4. The summed E-state index contributed by atoms with van der Waals surface area (Å²) in [6.45, 7) is 2.98. The zero-order valence-electron chi connectivity index (χ0n) is 15.9. The molecule has 1 N–H and O–H groups in total. The number of aromatic nitrogens is 1. The van der Waals surface area contributed by atoms with E-state index in [4.69, 9.17) is 0 Å². The second kappa shape index (κ2) is 7.83. The predicted molar refractivity (Wildman–Crippen MR) is 114 cm³/mol. The average molecular weight is 454 g/mol. The Morgan fingerprint density at radius 2 is 1.79 bits per heavy atom. The van der Waals surface area contributed by atoms with Crippen molar-refractivity contribution in [2.45, 2.75) is 13.0 Å². The molecule has 1 saturated heterocycles. The molecule has 148 valence electrons. The largest absolute Gasteiger partial charge is 0.360 e. The van der Waals surface area contributed by atoms with Crippen LogP contribution in [0.15, 0.2) is 59.2 Å². The van der Waals surface area contributed by atoms with Crippen LogP contribution in [0.1, 0.15) is 27.6 Å². The molecule has 2 heterocycles. The highest BCUT2D eigenvalue weighted by molar-refractivity contribution is 9.10. The average Bonchev–Trinajstić information content (AvgIpc) is 3.18. The van der Waals surface area contributed by atoms with E-state index < -0.39 is 11.7 Å². The van der Waals surface area contributed by atoms with Crippen LogP contribution in [0, 0.1) is 0 Å². The van der Waals surface area contributed by atoms with E-state index in [1.807, 2.05) is 43.3 Å². The zero-order valence-corrected chi connectivity index (χ0v) is 17.5. The maximum atomic E-state index is 13.0. The van der Waals surface area contributed by atoms with Crippen LogP contribution in [0.3, 0.4) is 0 Å². The summed E-state index contributed by atoms with van der Waals surface area (Å²) in [6.07, 6.45) is 1.58. The molecule has 1 aliphatic heterocycles. The number of Topliss-reactive ketones (excluding diaryl/α,β-unsaturated/α-hetero) is 1. The predicted octanol–water partition coefficient (Wildman–Crippen LogP) is 3.49. The van der Waals surface area contributed by atoms with Crippen molar-refractivity contribution in [1.29, 1.82) is 0 Å². The van der Waals surface area contributed by atoms with Crippen molar-refractivity contribution < 1.29 is 14.4 Å². The second-order valence-electron chi connectivity index (χ2n) is 7.16. The van der Waals surface area contributed by atoms with Gasteiger partial charge in [0.15, 0.2) is 0 Å². The van der Waals surface area contributed by atoms with Crippen LogP contribution in [0.4, 0.5) is 0 Å². The van der Waals surface area contributed by atoms with Gasteiger partial charge in [-0.15, -0.1) is 0 Å². The highest BCUT2D eigenvalue weighted by Gasteiger charge is 2.34. The van der Waals surface area contributed by atoms with Crippen LogP contribution in [-0.4, -0.2) is 58.1 Å². The van der Waals surface area contributed by atoms with Gasteiger partial charge in [0.1, 0.15) is 0 Å². The Labute approximate surface area is 176 Å². The Hall–Kier alpha value is -2.93. The van der Waals surface area contributed by atoms with Crippen LogP contribution >= 0.6 is 15.9 Å². The van der Waals surface area contributed by atoms with Gasteiger partial charge in [-0.2, -0.15) is 0 Å². The maximum absolute atomic E-state index is 13.0.